The highest BCUT2D eigenvalue weighted by molar-refractivity contribution is 7.89. The second-order valence-electron chi connectivity index (χ2n) is 9.36. The number of nitrogens with zero attached hydrogens (tertiary/aromatic N) is 3. The van der Waals surface area contributed by atoms with Gasteiger partial charge in [0.2, 0.25) is 10.0 Å². The largest absolute Gasteiger partial charge is 0.380 e. The van der Waals surface area contributed by atoms with Gasteiger partial charge in [0, 0.05) is 31.8 Å². The Bertz CT molecular complexity index is 1360. The van der Waals surface area contributed by atoms with Crippen LogP contribution < -0.4 is 4.80 Å². The molecule has 4 rings (SSSR count). The minimum absolute atomic E-state index is 0.208. The summed E-state index contributed by atoms with van der Waals surface area (Å²) in [5.74, 6) is 0.253. The van der Waals surface area contributed by atoms with Crippen molar-refractivity contribution in [3.05, 3.63) is 58.4 Å². The van der Waals surface area contributed by atoms with Crippen molar-refractivity contribution in [1.82, 2.24) is 8.87 Å². The lowest BCUT2D eigenvalue weighted by Crippen LogP contribution is -2.42. The second kappa shape index (κ2) is 10.7. The fourth-order valence-electron chi connectivity index (χ4n) is 4.77. The molecule has 1 aliphatic heterocycles. The fourth-order valence-corrected chi connectivity index (χ4v) is 7.58. The molecule has 1 amide bonds. The number of hydrogen-bond donors (Lipinski definition) is 0. The van der Waals surface area contributed by atoms with Gasteiger partial charge in [-0.1, -0.05) is 37.3 Å². The standard InChI is InChI=1S/C26H33N3O4S2/c1-5-33-14-13-29-24-20(4)7-6-8-23(24)34-26(29)27-25(30)21-9-11-22(12-10-21)35(31,32)28-16-18(2)15-19(3)17-28/h6-12,18-19H,5,13-17H2,1-4H3. The topological polar surface area (TPSA) is 81.0 Å². The smallest absolute Gasteiger partial charge is 0.279 e. The van der Waals surface area contributed by atoms with Gasteiger partial charge in [-0.05, 0) is 68.0 Å². The zero-order valence-corrected chi connectivity index (χ0v) is 22.4. The first-order valence-corrected chi connectivity index (χ1v) is 14.3. The summed E-state index contributed by atoms with van der Waals surface area (Å²) in [6.07, 6.45) is 1.03. The fraction of sp³-hybridized carbons (Fsp3) is 0.462. The molecule has 0 saturated carbocycles. The number of rotatable bonds is 7. The van der Waals surface area contributed by atoms with Crippen LogP contribution in [0.3, 0.4) is 0 Å². The monoisotopic (exact) mass is 515 g/mol. The average molecular weight is 516 g/mol. The number of carbonyl (C=O) groups excluding carboxylic acids is 1. The lowest BCUT2D eigenvalue weighted by atomic mass is 9.94. The third-order valence-corrected chi connectivity index (χ3v) is 9.23. The molecular weight excluding hydrogens is 482 g/mol. The molecule has 9 heteroatoms. The Morgan fingerprint density at radius 2 is 1.80 bits per heavy atom. The Kier molecular flexibility index (Phi) is 7.90. The molecule has 7 nitrogen and oxygen atoms in total. The minimum atomic E-state index is -3.60. The van der Waals surface area contributed by atoms with Crippen LogP contribution in [0, 0.1) is 18.8 Å². The molecule has 0 radical (unpaired) electrons. The lowest BCUT2D eigenvalue weighted by molar-refractivity contribution is 0.0996. The number of ether oxygens (including phenoxy) is 1. The third-order valence-electron chi connectivity index (χ3n) is 6.34. The molecule has 1 fully saturated rings. The Labute approximate surface area is 211 Å². The van der Waals surface area contributed by atoms with Crippen LogP contribution in [0.4, 0.5) is 0 Å². The van der Waals surface area contributed by atoms with Crippen LogP contribution in [0.15, 0.2) is 52.4 Å². The number of amides is 1. The van der Waals surface area contributed by atoms with Gasteiger partial charge >= 0.3 is 0 Å². The van der Waals surface area contributed by atoms with Gasteiger partial charge in [0.1, 0.15) is 0 Å². The summed E-state index contributed by atoms with van der Waals surface area (Å²) in [5.41, 5.74) is 2.52. The number of sulfonamides is 1. The molecule has 0 aliphatic carbocycles. The Morgan fingerprint density at radius 1 is 1.11 bits per heavy atom. The SMILES string of the molecule is CCOCCn1c(=NC(=O)c2ccc(S(=O)(=O)N3CC(C)CC(C)C3)cc2)sc2cccc(C)c21. The van der Waals surface area contributed by atoms with Crippen LogP contribution >= 0.6 is 11.3 Å². The molecule has 188 valence electrons. The van der Waals surface area contributed by atoms with Crippen LogP contribution in [-0.2, 0) is 21.3 Å². The molecule has 0 bridgehead atoms. The summed E-state index contributed by atoms with van der Waals surface area (Å²) < 4.78 is 36.5. The maximum atomic E-state index is 13.2. The van der Waals surface area contributed by atoms with Crippen molar-refractivity contribution in [2.75, 3.05) is 26.3 Å². The van der Waals surface area contributed by atoms with Gasteiger partial charge < -0.3 is 9.30 Å². The summed E-state index contributed by atoms with van der Waals surface area (Å²) in [6.45, 7) is 10.9. The van der Waals surface area contributed by atoms with E-state index in [1.807, 2.05) is 36.6 Å². The van der Waals surface area contributed by atoms with Gasteiger partial charge in [-0.15, -0.1) is 0 Å². The maximum absolute atomic E-state index is 13.2. The number of aromatic nitrogens is 1. The van der Waals surface area contributed by atoms with Crippen molar-refractivity contribution in [1.29, 1.82) is 0 Å². The Balaban J connectivity index is 1.63. The van der Waals surface area contributed by atoms with Crippen molar-refractivity contribution in [3.8, 4) is 0 Å². The molecule has 35 heavy (non-hydrogen) atoms. The molecule has 3 aromatic rings. The Morgan fingerprint density at radius 3 is 2.46 bits per heavy atom. The first-order valence-electron chi connectivity index (χ1n) is 12.1. The summed E-state index contributed by atoms with van der Waals surface area (Å²) in [4.78, 5) is 18.3. The van der Waals surface area contributed by atoms with E-state index in [4.69, 9.17) is 4.74 Å². The predicted molar refractivity (Wildman–Crippen MR) is 139 cm³/mol. The van der Waals surface area contributed by atoms with Crippen LogP contribution in [0.5, 0.6) is 0 Å². The highest BCUT2D eigenvalue weighted by Gasteiger charge is 2.31. The van der Waals surface area contributed by atoms with Gasteiger partial charge in [-0.25, -0.2) is 8.42 Å². The second-order valence-corrected chi connectivity index (χ2v) is 12.3. The molecule has 1 aliphatic rings. The number of thiazole rings is 1. The Hall–Kier alpha value is -2.33. The van der Waals surface area contributed by atoms with Gasteiger partial charge in [0.25, 0.3) is 5.91 Å². The minimum Gasteiger partial charge on any atom is -0.380 e. The number of hydrogen-bond acceptors (Lipinski definition) is 5. The third kappa shape index (κ3) is 5.58. The molecule has 1 saturated heterocycles. The molecular formula is C26H33N3O4S2. The number of para-hydroxylation sites is 1. The van der Waals surface area contributed by atoms with Gasteiger partial charge in [-0.3, -0.25) is 4.79 Å². The van der Waals surface area contributed by atoms with Gasteiger partial charge in [-0.2, -0.15) is 9.30 Å². The first kappa shape index (κ1) is 25.8. The van der Waals surface area contributed by atoms with Crippen LogP contribution in [0.2, 0.25) is 0 Å². The molecule has 2 unspecified atom stereocenters. The van der Waals surface area contributed by atoms with E-state index < -0.39 is 15.9 Å². The highest BCUT2D eigenvalue weighted by atomic mass is 32.2. The lowest BCUT2D eigenvalue weighted by Gasteiger charge is -2.34. The zero-order valence-electron chi connectivity index (χ0n) is 20.7. The van der Waals surface area contributed by atoms with E-state index in [2.05, 4.69) is 18.8 Å². The number of benzene rings is 2. The van der Waals surface area contributed by atoms with Crippen LogP contribution in [-0.4, -0.2) is 49.5 Å². The van der Waals surface area contributed by atoms with E-state index in [9.17, 15) is 13.2 Å². The predicted octanol–water partition coefficient (Wildman–Crippen LogP) is 4.46. The van der Waals surface area contributed by atoms with E-state index in [0.29, 0.717) is 55.0 Å². The van der Waals surface area contributed by atoms with Crippen LogP contribution in [0.25, 0.3) is 10.2 Å². The van der Waals surface area contributed by atoms with E-state index in [0.717, 1.165) is 22.2 Å². The maximum Gasteiger partial charge on any atom is 0.279 e. The summed E-state index contributed by atoms with van der Waals surface area (Å²) in [5, 5.41) is 0. The first-order chi connectivity index (χ1) is 16.7. The van der Waals surface area contributed by atoms with Crippen molar-refractivity contribution in [2.24, 2.45) is 16.8 Å². The normalized spacial score (nSPS) is 19.9. The van der Waals surface area contributed by atoms with Crippen molar-refractivity contribution in [2.45, 2.75) is 45.6 Å². The van der Waals surface area contributed by atoms with Gasteiger partial charge in [0.05, 0.1) is 21.7 Å². The van der Waals surface area contributed by atoms with E-state index >= 15 is 0 Å². The van der Waals surface area contributed by atoms with Gasteiger partial charge in [0.15, 0.2) is 4.80 Å². The summed E-state index contributed by atoms with van der Waals surface area (Å²) >= 11 is 1.46. The molecule has 0 spiro atoms. The van der Waals surface area contributed by atoms with Crippen molar-refractivity contribution in [3.63, 3.8) is 0 Å². The number of fused-ring (bicyclic) bond motifs is 1. The van der Waals surface area contributed by atoms with E-state index in [1.54, 1.807) is 16.4 Å². The summed E-state index contributed by atoms with van der Waals surface area (Å²) in [7, 11) is -3.60. The quantitative estimate of drug-likeness (QED) is 0.435. The van der Waals surface area contributed by atoms with E-state index in [1.165, 1.54) is 23.5 Å². The average Bonchev–Trinajstić information content (AvgIpc) is 3.17. The molecule has 2 aromatic carbocycles. The number of carbonyl (C=O) groups is 1. The zero-order chi connectivity index (χ0) is 25.2. The van der Waals surface area contributed by atoms with Crippen LogP contribution in [0.1, 0.15) is 43.1 Å². The number of piperidine rings is 1. The summed E-state index contributed by atoms with van der Waals surface area (Å²) in [6, 6.07) is 12.2. The number of aryl methyl sites for hydroxylation is 1. The van der Waals surface area contributed by atoms with E-state index in [-0.39, 0.29) is 4.90 Å². The van der Waals surface area contributed by atoms with Crippen molar-refractivity contribution >= 4 is 37.5 Å². The molecule has 1 aromatic heterocycles. The van der Waals surface area contributed by atoms with Crippen molar-refractivity contribution < 1.29 is 17.9 Å². The molecule has 0 N–H and O–H groups in total. The highest BCUT2D eigenvalue weighted by Crippen LogP contribution is 2.27. The molecule has 2 atom stereocenters. The molecule has 2 heterocycles.